The minimum Gasteiger partial charge on any atom is -0.343 e. The van der Waals surface area contributed by atoms with Gasteiger partial charge < -0.3 is 10.2 Å². The maximum absolute atomic E-state index is 12.9. The number of hydrogen-bond donors (Lipinski definition) is 1. The Hall–Kier alpha value is -1.68. The number of amides is 1. The molecule has 0 bridgehead atoms. The number of hydrogen-bond acceptors (Lipinski definition) is 3. The number of fused-ring (bicyclic) bond motifs is 1. The average molecular weight is 379 g/mol. The van der Waals surface area contributed by atoms with Gasteiger partial charge in [0, 0.05) is 18.5 Å². The molecule has 2 heterocycles. The van der Waals surface area contributed by atoms with Crippen LogP contribution in [0, 0.1) is 18.3 Å². The summed E-state index contributed by atoms with van der Waals surface area (Å²) in [7, 11) is 0. The van der Waals surface area contributed by atoms with Crippen LogP contribution in [0.15, 0.2) is 18.2 Å². The Morgan fingerprint density at radius 3 is 2.79 bits per heavy atom. The third-order valence-corrected chi connectivity index (χ3v) is 8.79. The fraction of sp³-hybridized carbons (Fsp3) is 0.667. The molecule has 1 amide bonds. The van der Waals surface area contributed by atoms with Gasteiger partial charge in [0.1, 0.15) is 0 Å². The number of piperidine rings is 1. The molecule has 0 unspecified atom stereocenters. The maximum Gasteiger partial charge on any atom is 0.228 e. The number of aryl methyl sites for hydroxylation is 1. The zero-order chi connectivity index (χ0) is 19.1. The van der Waals surface area contributed by atoms with Gasteiger partial charge in [0.25, 0.3) is 0 Å². The van der Waals surface area contributed by atoms with Gasteiger partial charge in [-0.3, -0.25) is 9.59 Å². The summed E-state index contributed by atoms with van der Waals surface area (Å²) in [6.07, 6.45) is 7.84. The molecule has 3 atom stereocenters. The van der Waals surface area contributed by atoms with Gasteiger partial charge in [0.05, 0.1) is 12.0 Å². The van der Waals surface area contributed by atoms with Crippen molar-refractivity contribution in [1.82, 2.24) is 10.2 Å². The summed E-state index contributed by atoms with van der Waals surface area (Å²) in [5.74, 6) is 0.991. The van der Waals surface area contributed by atoms with E-state index in [1.807, 2.05) is 0 Å². The van der Waals surface area contributed by atoms with Crippen LogP contribution in [-0.4, -0.2) is 41.8 Å². The van der Waals surface area contributed by atoms with Gasteiger partial charge in [-0.25, -0.2) is 0 Å². The van der Waals surface area contributed by atoms with E-state index in [4.69, 9.17) is 0 Å². The lowest BCUT2D eigenvalue weighted by molar-refractivity contribution is -0.128. The SMILES string of the molecule is Cc1ccc2c(c1)[C@]13CCN(CC4CC4)C[C@]1(CC[C@@]1(C3)NC(=O)CC1=O)C2. The molecular weight excluding hydrogens is 348 g/mol. The minimum atomic E-state index is -0.607. The summed E-state index contributed by atoms with van der Waals surface area (Å²) < 4.78 is 0. The van der Waals surface area contributed by atoms with Crippen molar-refractivity contribution in [3.05, 3.63) is 34.9 Å². The monoisotopic (exact) mass is 378 g/mol. The second-order valence-electron chi connectivity index (χ2n) is 10.5. The molecule has 0 aromatic heterocycles. The first-order valence-corrected chi connectivity index (χ1v) is 11.1. The molecule has 1 spiro atoms. The standard InChI is InChI=1S/C24H30N2O2/c1-16-2-5-18-12-22-6-7-24(20(27)11-21(28)25-24)14-23(22,19(18)10-16)8-9-26(15-22)13-17-3-4-17/h2,5,10,17H,3-4,6-9,11-15H2,1H3,(H,25,28)/t22-,23+,24-/m0/s1. The highest BCUT2D eigenvalue weighted by Crippen LogP contribution is 2.65. The van der Waals surface area contributed by atoms with Gasteiger partial charge in [-0.1, -0.05) is 23.8 Å². The highest BCUT2D eigenvalue weighted by molar-refractivity contribution is 6.10. The van der Waals surface area contributed by atoms with Crippen LogP contribution in [0.4, 0.5) is 0 Å². The number of likely N-dealkylation sites (tertiary alicyclic amines) is 1. The summed E-state index contributed by atoms with van der Waals surface area (Å²) in [6.45, 7) is 5.73. The van der Waals surface area contributed by atoms with E-state index in [0.717, 1.165) is 51.1 Å². The number of nitrogens with one attached hydrogen (secondary N) is 1. The summed E-state index contributed by atoms with van der Waals surface area (Å²) in [6, 6.07) is 6.98. The van der Waals surface area contributed by atoms with Gasteiger partial charge in [0.2, 0.25) is 5.91 Å². The first-order valence-electron chi connectivity index (χ1n) is 11.1. The number of benzene rings is 1. The fourth-order valence-electron chi connectivity index (χ4n) is 7.27. The molecule has 4 fully saturated rings. The van der Waals surface area contributed by atoms with E-state index < -0.39 is 5.54 Å². The fourth-order valence-corrected chi connectivity index (χ4v) is 7.27. The van der Waals surface area contributed by atoms with Crippen molar-refractivity contribution in [1.29, 1.82) is 0 Å². The van der Waals surface area contributed by atoms with Gasteiger partial charge in [-0.05, 0) is 80.9 Å². The smallest absolute Gasteiger partial charge is 0.228 e. The van der Waals surface area contributed by atoms with E-state index in [-0.39, 0.29) is 28.9 Å². The Morgan fingerprint density at radius 2 is 2.04 bits per heavy atom. The zero-order valence-electron chi connectivity index (χ0n) is 16.9. The van der Waals surface area contributed by atoms with Crippen LogP contribution in [0.5, 0.6) is 0 Å². The summed E-state index contributed by atoms with van der Waals surface area (Å²) in [5.41, 5.74) is 3.96. The minimum absolute atomic E-state index is 0.0416. The summed E-state index contributed by atoms with van der Waals surface area (Å²) >= 11 is 0. The topological polar surface area (TPSA) is 49.4 Å². The lowest BCUT2D eigenvalue weighted by Gasteiger charge is -2.60. The van der Waals surface area contributed by atoms with Crippen molar-refractivity contribution in [3.8, 4) is 0 Å². The first-order chi connectivity index (χ1) is 13.4. The molecule has 2 saturated heterocycles. The quantitative estimate of drug-likeness (QED) is 0.805. The molecule has 2 saturated carbocycles. The van der Waals surface area contributed by atoms with Gasteiger partial charge in [0.15, 0.2) is 5.78 Å². The molecule has 4 heteroatoms. The van der Waals surface area contributed by atoms with Gasteiger partial charge in [-0.15, -0.1) is 0 Å². The molecule has 5 aliphatic rings. The largest absolute Gasteiger partial charge is 0.343 e. The molecule has 2 aliphatic heterocycles. The molecule has 1 aromatic rings. The Labute approximate surface area is 167 Å². The second-order valence-corrected chi connectivity index (χ2v) is 10.5. The van der Waals surface area contributed by atoms with Crippen LogP contribution < -0.4 is 5.32 Å². The lowest BCUT2D eigenvalue weighted by atomic mass is 9.49. The Balaban J connectivity index is 1.44. The van der Waals surface area contributed by atoms with E-state index >= 15 is 0 Å². The van der Waals surface area contributed by atoms with Gasteiger partial charge >= 0.3 is 0 Å². The lowest BCUT2D eigenvalue weighted by Crippen LogP contribution is -2.65. The van der Waals surface area contributed by atoms with Crippen LogP contribution in [0.25, 0.3) is 0 Å². The number of ketones is 1. The molecule has 6 rings (SSSR count). The molecule has 1 N–H and O–H groups in total. The summed E-state index contributed by atoms with van der Waals surface area (Å²) in [5, 5.41) is 3.15. The van der Waals surface area contributed by atoms with Crippen molar-refractivity contribution >= 4 is 11.7 Å². The van der Waals surface area contributed by atoms with E-state index in [1.165, 1.54) is 36.1 Å². The molecule has 1 aromatic carbocycles. The van der Waals surface area contributed by atoms with Crippen LogP contribution in [0.2, 0.25) is 0 Å². The Morgan fingerprint density at radius 1 is 1.18 bits per heavy atom. The van der Waals surface area contributed by atoms with E-state index in [1.54, 1.807) is 0 Å². The van der Waals surface area contributed by atoms with E-state index in [0.29, 0.717) is 0 Å². The average Bonchev–Trinajstić information content (AvgIpc) is 3.36. The number of rotatable bonds is 2. The Kier molecular flexibility index (Phi) is 3.36. The van der Waals surface area contributed by atoms with Crippen molar-refractivity contribution in [3.63, 3.8) is 0 Å². The molecule has 4 nitrogen and oxygen atoms in total. The third kappa shape index (κ3) is 2.21. The van der Waals surface area contributed by atoms with Crippen molar-refractivity contribution in [2.75, 3.05) is 19.6 Å². The van der Waals surface area contributed by atoms with Crippen molar-refractivity contribution in [2.24, 2.45) is 11.3 Å². The molecule has 3 aliphatic carbocycles. The number of carbonyl (C=O) groups excluding carboxylic acids is 2. The second kappa shape index (κ2) is 5.47. The number of nitrogens with zero attached hydrogens (tertiary/aromatic N) is 1. The first kappa shape index (κ1) is 17.2. The van der Waals surface area contributed by atoms with Crippen LogP contribution in [0.1, 0.15) is 61.6 Å². The van der Waals surface area contributed by atoms with Crippen LogP contribution >= 0.6 is 0 Å². The zero-order valence-corrected chi connectivity index (χ0v) is 16.9. The highest BCUT2D eigenvalue weighted by atomic mass is 16.2. The van der Waals surface area contributed by atoms with Crippen molar-refractivity contribution in [2.45, 2.75) is 69.2 Å². The highest BCUT2D eigenvalue weighted by Gasteiger charge is 2.67. The predicted octanol–water partition coefficient (Wildman–Crippen LogP) is 2.90. The molecule has 0 radical (unpaired) electrons. The van der Waals surface area contributed by atoms with Crippen LogP contribution in [0.3, 0.4) is 0 Å². The molecule has 148 valence electrons. The van der Waals surface area contributed by atoms with Crippen LogP contribution in [-0.2, 0) is 21.4 Å². The third-order valence-electron chi connectivity index (χ3n) is 8.79. The van der Waals surface area contributed by atoms with Crippen molar-refractivity contribution < 1.29 is 9.59 Å². The summed E-state index contributed by atoms with van der Waals surface area (Å²) in [4.78, 5) is 27.8. The molecular formula is C24H30N2O2. The number of Topliss-reactive ketones (excluding diaryl/α,β-unsaturated/α-hetero) is 1. The normalized spacial score (nSPS) is 39.6. The van der Waals surface area contributed by atoms with Gasteiger partial charge in [-0.2, -0.15) is 0 Å². The Bertz CT molecular complexity index is 891. The number of carbonyl (C=O) groups is 2. The molecule has 28 heavy (non-hydrogen) atoms. The maximum atomic E-state index is 12.9. The predicted molar refractivity (Wildman–Crippen MR) is 107 cm³/mol. The van der Waals surface area contributed by atoms with E-state index in [2.05, 4.69) is 35.3 Å². The van der Waals surface area contributed by atoms with E-state index in [9.17, 15) is 9.59 Å².